The molecule has 1 saturated heterocycles. The van der Waals surface area contributed by atoms with E-state index in [2.05, 4.69) is 34.6 Å². The first-order valence-electron chi connectivity index (χ1n) is 14.6. The van der Waals surface area contributed by atoms with Crippen molar-refractivity contribution >= 4 is 23.5 Å². The number of Topliss-reactive ketones (excluding diaryl/α,β-unsaturated/α-hetero) is 1. The highest BCUT2D eigenvalue weighted by Gasteiger charge is 2.81. The minimum absolute atomic E-state index is 0.0450. The minimum atomic E-state index is -1.55. The third kappa shape index (κ3) is 3.01. The van der Waals surface area contributed by atoms with Crippen molar-refractivity contribution < 1.29 is 28.7 Å². The van der Waals surface area contributed by atoms with Crippen molar-refractivity contribution in [2.75, 3.05) is 7.11 Å². The largest absolute Gasteiger partial charge is 0.468 e. The first-order valence-corrected chi connectivity index (χ1v) is 14.6. The fourth-order valence-corrected chi connectivity index (χ4v) is 9.91. The summed E-state index contributed by atoms with van der Waals surface area (Å²) < 4.78 is 11.5. The molecule has 40 heavy (non-hydrogen) atoms. The van der Waals surface area contributed by atoms with Gasteiger partial charge in [0.1, 0.15) is 11.5 Å². The zero-order valence-corrected chi connectivity index (χ0v) is 25.4. The van der Waals surface area contributed by atoms with Crippen LogP contribution in [-0.2, 0) is 28.7 Å². The number of rotatable bonds is 3. The third-order valence-electron chi connectivity index (χ3n) is 12.6. The van der Waals surface area contributed by atoms with Gasteiger partial charge in [0.05, 0.1) is 18.1 Å². The first-order chi connectivity index (χ1) is 18.4. The van der Waals surface area contributed by atoms with Crippen LogP contribution in [0.3, 0.4) is 0 Å². The van der Waals surface area contributed by atoms with Crippen molar-refractivity contribution in [3.05, 3.63) is 23.3 Å². The molecular weight excluding hydrogens is 506 g/mol. The molecule has 8 atom stereocenters. The van der Waals surface area contributed by atoms with Crippen molar-refractivity contribution in [3.63, 3.8) is 0 Å². The highest BCUT2D eigenvalue weighted by atomic mass is 16.6. The number of carbonyl (C=O) groups excluding carboxylic acids is 4. The number of fused-ring (bicyclic) bond motifs is 5. The zero-order valence-electron chi connectivity index (χ0n) is 25.4. The number of hydrogen-bond acceptors (Lipinski definition) is 7. The second-order valence-corrected chi connectivity index (χ2v) is 15.2. The number of methoxy groups -OCH3 is 1. The third-order valence-corrected chi connectivity index (χ3v) is 12.6. The van der Waals surface area contributed by atoms with Crippen LogP contribution in [0.4, 0.5) is 0 Å². The lowest BCUT2D eigenvalue weighted by atomic mass is 9.34. The number of nitrogens with zero attached hydrogens (tertiary/aromatic N) is 1. The molecule has 2 bridgehead atoms. The van der Waals surface area contributed by atoms with E-state index in [9.17, 15) is 24.4 Å². The molecule has 4 aliphatic carbocycles. The van der Waals surface area contributed by atoms with E-state index in [1.807, 2.05) is 19.9 Å². The minimum Gasteiger partial charge on any atom is -0.468 e. The van der Waals surface area contributed by atoms with Crippen LogP contribution in [0.25, 0.3) is 0 Å². The summed E-state index contributed by atoms with van der Waals surface area (Å²) >= 11 is 0. The molecule has 0 aromatic carbocycles. The van der Waals surface area contributed by atoms with E-state index in [0.717, 1.165) is 12.0 Å². The smallest absolute Gasteiger partial charge is 0.319 e. The van der Waals surface area contributed by atoms with Crippen LogP contribution in [-0.4, -0.2) is 36.2 Å². The normalized spacial score (nSPS) is 45.8. The van der Waals surface area contributed by atoms with Gasteiger partial charge in [-0.1, -0.05) is 54.5 Å². The highest BCUT2D eigenvalue weighted by molar-refractivity contribution is 6.15. The van der Waals surface area contributed by atoms with Crippen LogP contribution in [0.5, 0.6) is 0 Å². The lowest BCUT2D eigenvalue weighted by Crippen LogP contribution is -2.70. The Labute approximate surface area is 237 Å². The number of ketones is 2. The van der Waals surface area contributed by atoms with Gasteiger partial charge >= 0.3 is 11.9 Å². The van der Waals surface area contributed by atoms with Crippen molar-refractivity contribution in [3.8, 4) is 6.07 Å². The molecule has 5 aliphatic rings. The van der Waals surface area contributed by atoms with E-state index in [0.29, 0.717) is 32.1 Å². The predicted octanol–water partition coefficient (Wildman–Crippen LogP) is 5.67. The maximum absolute atomic E-state index is 14.5. The van der Waals surface area contributed by atoms with Crippen molar-refractivity contribution in [2.24, 2.45) is 44.3 Å². The average Bonchev–Trinajstić information content (AvgIpc) is 3.03. The molecular formula is C33H43NO6. The molecule has 2 saturated carbocycles. The lowest BCUT2D eigenvalue weighted by molar-refractivity contribution is -0.200. The molecule has 0 amide bonds. The second kappa shape index (κ2) is 8.17. The van der Waals surface area contributed by atoms with E-state index in [1.165, 1.54) is 7.11 Å². The molecule has 1 aliphatic heterocycles. The van der Waals surface area contributed by atoms with Crippen molar-refractivity contribution in [2.45, 2.75) is 99.5 Å². The van der Waals surface area contributed by atoms with E-state index in [1.54, 1.807) is 19.1 Å². The summed E-state index contributed by atoms with van der Waals surface area (Å²) in [7, 11) is 1.26. The maximum atomic E-state index is 14.5. The van der Waals surface area contributed by atoms with E-state index in [-0.39, 0.29) is 28.7 Å². The van der Waals surface area contributed by atoms with Gasteiger partial charge in [0.2, 0.25) is 0 Å². The molecule has 5 rings (SSSR count). The van der Waals surface area contributed by atoms with Gasteiger partial charge in [-0.15, -0.1) is 0 Å². The quantitative estimate of drug-likeness (QED) is 0.329. The van der Waals surface area contributed by atoms with Crippen LogP contribution in [0, 0.1) is 55.7 Å². The summed E-state index contributed by atoms with van der Waals surface area (Å²) in [5, 5.41) is 9.95. The summed E-state index contributed by atoms with van der Waals surface area (Å²) in [4.78, 5) is 54.9. The standard InChI is InChI=1S/C33H43NO6/c1-19-32(14-12-27(2,3)4)15-13-30(7)29(6)11-10-21-28(5,22(29)16-23(35)33(19,30)40-26(32)38)17-20(18-34)24(36)31(21,8)25(37)39-9/h16-17,19,21H,10-15H2,1-9H3/t19?,21?,28-,29+,30-,31-,32-,33+/m0/s1. The molecule has 2 unspecified atom stereocenters. The summed E-state index contributed by atoms with van der Waals surface area (Å²) in [6.45, 7) is 16.3. The number of esters is 2. The molecule has 0 aromatic heterocycles. The lowest BCUT2D eigenvalue weighted by Gasteiger charge is -2.67. The molecule has 3 fully saturated rings. The van der Waals surface area contributed by atoms with Gasteiger partial charge in [-0.2, -0.15) is 5.26 Å². The van der Waals surface area contributed by atoms with Gasteiger partial charge in [-0.05, 0) is 73.8 Å². The van der Waals surface area contributed by atoms with Gasteiger partial charge in [0.25, 0.3) is 0 Å². The van der Waals surface area contributed by atoms with Crippen LogP contribution in [0.1, 0.15) is 93.9 Å². The monoisotopic (exact) mass is 549 g/mol. The molecule has 216 valence electrons. The topological polar surface area (TPSA) is 111 Å². The van der Waals surface area contributed by atoms with Crippen LogP contribution >= 0.6 is 0 Å². The van der Waals surface area contributed by atoms with Gasteiger partial charge in [-0.3, -0.25) is 19.2 Å². The van der Waals surface area contributed by atoms with Crippen molar-refractivity contribution in [1.29, 1.82) is 5.26 Å². The molecule has 1 spiro atoms. The van der Waals surface area contributed by atoms with E-state index >= 15 is 0 Å². The Morgan fingerprint density at radius 3 is 2.35 bits per heavy atom. The zero-order chi connectivity index (χ0) is 29.9. The van der Waals surface area contributed by atoms with Crippen LogP contribution < -0.4 is 0 Å². The number of ether oxygens (including phenoxy) is 2. The Morgan fingerprint density at radius 1 is 1.12 bits per heavy atom. The summed E-state index contributed by atoms with van der Waals surface area (Å²) in [6.07, 6.45) is 7.31. The molecule has 0 radical (unpaired) electrons. The Kier molecular flexibility index (Phi) is 5.88. The maximum Gasteiger partial charge on any atom is 0.319 e. The number of nitriles is 1. The van der Waals surface area contributed by atoms with E-state index < -0.39 is 50.3 Å². The predicted molar refractivity (Wildman–Crippen MR) is 147 cm³/mol. The summed E-state index contributed by atoms with van der Waals surface area (Å²) in [5.74, 6) is -2.44. The molecule has 0 N–H and O–H groups in total. The Bertz CT molecular complexity index is 1350. The van der Waals surface area contributed by atoms with Gasteiger partial charge in [0, 0.05) is 16.7 Å². The average molecular weight is 550 g/mol. The second-order valence-electron chi connectivity index (χ2n) is 15.2. The fraction of sp³-hybridized carbons (Fsp3) is 0.727. The van der Waals surface area contributed by atoms with Crippen LogP contribution in [0.15, 0.2) is 23.3 Å². The van der Waals surface area contributed by atoms with Crippen molar-refractivity contribution in [1.82, 2.24) is 0 Å². The fourth-order valence-electron chi connectivity index (χ4n) is 9.91. The Hall–Kier alpha value is -2.75. The Balaban J connectivity index is 1.70. The Morgan fingerprint density at radius 2 is 1.77 bits per heavy atom. The molecule has 7 nitrogen and oxygen atoms in total. The SMILES string of the molecule is COC(=O)[C@]1(C)C(=O)C(C#N)=C[C@]2(C)C3=CC(=O)[C@@]45OC(=O)[C@@](CCC(C)(C)C)(CC[C@@]4(C)[C@]3(C)CCC12)C5C. The van der Waals surface area contributed by atoms with E-state index in [4.69, 9.17) is 9.47 Å². The number of allylic oxidation sites excluding steroid dienone is 3. The highest BCUT2D eigenvalue weighted by Crippen LogP contribution is 2.76. The summed E-state index contributed by atoms with van der Waals surface area (Å²) in [6, 6.07) is 2.02. The van der Waals surface area contributed by atoms with Gasteiger partial charge in [0.15, 0.2) is 17.2 Å². The van der Waals surface area contributed by atoms with Gasteiger partial charge in [-0.25, -0.2) is 0 Å². The van der Waals surface area contributed by atoms with Gasteiger partial charge < -0.3 is 9.47 Å². The molecule has 0 aromatic rings. The number of hydrogen-bond donors (Lipinski definition) is 0. The number of carbonyl (C=O) groups is 4. The first kappa shape index (κ1) is 28.8. The molecule has 1 heterocycles. The molecule has 7 heteroatoms. The van der Waals surface area contributed by atoms with Crippen LogP contribution in [0.2, 0.25) is 0 Å². The summed E-state index contributed by atoms with van der Waals surface area (Å²) in [5.41, 5.74) is -4.93.